The van der Waals surface area contributed by atoms with Crippen LogP contribution in [0.2, 0.25) is 0 Å². The molecule has 0 unspecified atom stereocenters. The van der Waals surface area contributed by atoms with Gasteiger partial charge in [-0.25, -0.2) is 0 Å². The standard InChI is InChI=1S/C11H22N2O.ClH/c1-5-8-11(14)12-9-7-10-13(3,4)6-2;/h5,8H,6-7,9-10H2,1-4H3;1H. The van der Waals surface area contributed by atoms with E-state index in [9.17, 15) is 4.79 Å². The molecule has 0 aliphatic rings. The van der Waals surface area contributed by atoms with Gasteiger partial charge in [0.1, 0.15) is 0 Å². The zero-order valence-electron chi connectivity index (χ0n) is 10.2. The molecule has 0 aliphatic heterocycles. The molecule has 0 rings (SSSR count). The fourth-order valence-corrected chi connectivity index (χ4v) is 1.09. The predicted molar refractivity (Wildman–Crippen MR) is 60.0 cm³/mol. The van der Waals surface area contributed by atoms with Crippen LogP contribution in [0.3, 0.4) is 0 Å². The van der Waals surface area contributed by atoms with Crippen molar-refractivity contribution in [1.29, 1.82) is 0 Å². The minimum atomic E-state index is 0. The lowest BCUT2D eigenvalue weighted by atomic mass is 10.3. The number of carbonyl (C=O) groups is 1. The van der Waals surface area contributed by atoms with Crippen LogP contribution in [0.25, 0.3) is 0 Å². The maximum absolute atomic E-state index is 11.0. The van der Waals surface area contributed by atoms with Crippen molar-refractivity contribution in [2.75, 3.05) is 33.7 Å². The average molecular weight is 235 g/mol. The molecule has 0 saturated carbocycles. The van der Waals surface area contributed by atoms with Crippen molar-refractivity contribution in [2.45, 2.75) is 20.3 Å². The molecule has 0 saturated heterocycles. The number of halogens is 1. The maximum atomic E-state index is 11.0. The highest BCUT2D eigenvalue weighted by molar-refractivity contribution is 5.87. The SMILES string of the molecule is CC=CC(=O)NCCC[N+](C)(C)CC.[Cl-]. The van der Waals surface area contributed by atoms with Gasteiger partial charge in [0.05, 0.1) is 27.2 Å². The van der Waals surface area contributed by atoms with Gasteiger partial charge < -0.3 is 22.2 Å². The highest BCUT2D eigenvalue weighted by atomic mass is 35.5. The number of carbonyl (C=O) groups excluding carboxylic acids is 1. The van der Waals surface area contributed by atoms with Gasteiger partial charge in [-0.2, -0.15) is 0 Å². The maximum Gasteiger partial charge on any atom is 0.243 e. The summed E-state index contributed by atoms with van der Waals surface area (Å²) in [7, 11) is 4.40. The molecule has 15 heavy (non-hydrogen) atoms. The summed E-state index contributed by atoms with van der Waals surface area (Å²) in [4.78, 5) is 11.0. The van der Waals surface area contributed by atoms with Crippen LogP contribution in [0, 0.1) is 0 Å². The molecule has 0 aromatic rings. The van der Waals surface area contributed by atoms with Crippen molar-refractivity contribution in [3.63, 3.8) is 0 Å². The van der Waals surface area contributed by atoms with Gasteiger partial charge in [-0.1, -0.05) is 6.08 Å². The average Bonchev–Trinajstić information content (AvgIpc) is 2.13. The van der Waals surface area contributed by atoms with Crippen molar-refractivity contribution in [3.05, 3.63) is 12.2 Å². The van der Waals surface area contributed by atoms with Crippen LogP contribution < -0.4 is 17.7 Å². The summed E-state index contributed by atoms with van der Waals surface area (Å²) in [6.45, 7) is 7.02. The lowest BCUT2D eigenvalue weighted by Crippen LogP contribution is -3.00. The molecule has 0 spiro atoms. The number of allylic oxidation sites excluding steroid dienone is 1. The summed E-state index contributed by atoms with van der Waals surface area (Å²) in [5.41, 5.74) is 0. The van der Waals surface area contributed by atoms with E-state index >= 15 is 0 Å². The minimum Gasteiger partial charge on any atom is -1.00 e. The smallest absolute Gasteiger partial charge is 0.243 e. The van der Waals surface area contributed by atoms with Gasteiger partial charge in [0, 0.05) is 13.0 Å². The van der Waals surface area contributed by atoms with Crippen molar-refractivity contribution in [1.82, 2.24) is 5.32 Å². The molecule has 0 bridgehead atoms. The first-order valence-corrected chi connectivity index (χ1v) is 5.24. The van der Waals surface area contributed by atoms with Gasteiger partial charge in [0.2, 0.25) is 5.91 Å². The van der Waals surface area contributed by atoms with E-state index in [1.807, 2.05) is 6.92 Å². The number of amides is 1. The summed E-state index contributed by atoms with van der Waals surface area (Å²) in [6.07, 6.45) is 4.34. The topological polar surface area (TPSA) is 29.1 Å². The molecule has 4 heteroatoms. The Balaban J connectivity index is 0. The molecule has 0 fully saturated rings. The zero-order valence-corrected chi connectivity index (χ0v) is 11.0. The van der Waals surface area contributed by atoms with E-state index in [2.05, 4.69) is 26.3 Å². The van der Waals surface area contributed by atoms with Crippen molar-refractivity contribution >= 4 is 5.91 Å². The quantitative estimate of drug-likeness (QED) is 0.327. The largest absolute Gasteiger partial charge is 1.00 e. The van der Waals surface area contributed by atoms with Gasteiger partial charge in [0.15, 0.2) is 0 Å². The van der Waals surface area contributed by atoms with Crippen LogP contribution in [-0.4, -0.2) is 44.1 Å². The van der Waals surface area contributed by atoms with Crippen molar-refractivity contribution in [3.8, 4) is 0 Å². The van der Waals surface area contributed by atoms with Gasteiger partial charge in [-0.15, -0.1) is 0 Å². The van der Waals surface area contributed by atoms with E-state index in [1.165, 1.54) is 0 Å². The first-order valence-electron chi connectivity index (χ1n) is 5.24. The molecule has 0 heterocycles. The van der Waals surface area contributed by atoms with E-state index in [0.29, 0.717) is 0 Å². The number of rotatable bonds is 6. The molecule has 1 N–H and O–H groups in total. The summed E-state index contributed by atoms with van der Waals surface area (Å²) in [5.74, 6) is 0.00862. The third kappa shape index (κ3) is 9.76. The van der Waals surface area contributed by atoms with Gasteiger partial charge in [-0.3, -0.25) is 4.79 Å². The molecule has 0 aromatic carbocycles. The molecule has 1 amide bonds. The number of hydrogen-bond donors (Lipinski definition) is 1. The number of hydrogen-bond acceptors (Lipinski definition) is 1. The first-order chi connectivity index (χ1) is 6.52. The summed E-state index contributed by atoms with van der Waals surface area (Å²) < 4.78 is 1.01. The molecular formula is C11H23ClN2O. The Kier molecular flexibility index (Phi) is 9.84. The molecule has 0 aromatic heterocycles. The lowest BCUT2D eigenvalue weighted by molar-refractivity contribution is -0.888. The fraction of sp³-hybridized carbons (Fsp3) is 0.727. The normalized spacial score (nSPS) is 11.2. The van der Waals surface area contributed by atoms with Crippen LogP contribution in [0.15, 0.2) is 12.2 Å². The van der Waals surface area contributed by atoms with E-state index in [-0.39, 0.29) is 18.3 Å². The summed E-state index contributed by atoms with van der Waals surface area (Å²) in [6, 6.07) is 0. The highest BCUT2D eigenvalue weighted by Crippen LogP contribution is 1.96. The fourth-order valence-electron chi connectivity index (χ4n) is 1.09. The second-order valence-electron chi connectivity index (χ2n) is 4.12. The van der Waals surface area contributed by atoms with Crippen LogP contribution in [-0.2, 0) is 4.79 Å². The summed E-state index contributed by atoms with van der Waals surface area (Å²) >= 11 is 0. The Hall–Kier alpha value is -0.540. The van der Waals surface area contributed by atoms with E-state index in [4.69, 9.17) is 0 Å². The Bertz CT molecular complexity index is 203. The number of nitrogens with one attached hydrogen (secondary N) is 1. The highest BCUT2D eigenvalue weighted by Gasteiger charge is 2.10. The Morgan fingerprint density at radius 1 is 1.40 bits per heavy atom. The molecule has 0 atom stereocenters. The lowest BCUT2D eigenvalue weighted by Gasteiger charge is -2.28. The number of quaternary nitrogens is 1. The van der Waals surface area contributed by atoms with E-state index in [0.717, 1.165) is 30.5 Å². The molecule has 0 radical (unpaired) electrons. The van der Waals surface area contributed by atoms with E-state index < -0.39 is 0 Å². The Morgan fingerprint density at radius 2 is 2.00 bits per heavy atom. The second-order valence-corrected chi connectivity index (χ2v) is 4.12. The minimum absolute atomic E-state index is 0. The van der Waals surface area contributed by atoms with Gasteiger partial charge >= 0.3 is 0 Å². The Labute approximate surface area is 99.5 Å². The van der Waals surface area contributed by atoms with Gasteiger partial charge in [0.25, 0.3) is 0 Å². The third-order valence-corrected chi connectivity index (χ3v) is 2.41. The van der Waals surface area contributed by atoms with Crippen LogP contribution >= 0.6 is 0 Å². The van der Waals surface area contributed by atoms with Crippen LogP contribution in [0.4, 0.5) is 0 Å². The van der Waals surface area contributed by atoms with Crippen LogP contribution in [0.5, 0.6) is 0 Å². The predicted octanol–water partition coefficient (Wildman–Crippen LogP) is -1.83. The second kappa shape index (κ2) is 8.74. The number of nitrogens with zero attached hydrogens (tertiary/aromatic N) is 1. The molecule has 3 nitrogen and oxygen atoms in total. The summed E-state index contributed by atoms with van der Waals surface area (Å²) in [5, 5.41) is 2.84. The van der Waals surface area contributed by atoms with Crippen molar-refractivity contribution in [2.24, 2.45) is 0 Å². The third-order valence-electron chi connectivity index (χ3n) is 2.41. The van der Waals surface area contributed by atoms with Crippen molar-refractivity contribution < 1.29 is 21.7 Å². The van der Waals surface area contributed by atoms with E-state index in [1.54, 1.807) is 12.2 Å². The monoisotopic (exact) mass is 234 g/mol. The van der Waals surface area contributed by atoms with Crippen LogP contribution in [0.1, 0.15) is 20.3 Å². The Morgan fingerprint density at radius 3 is 2.47 bits per heavy atom. The molecular weight excluding hydrogens is 212 g/mol. The molecule has 0 aliphatic carbocycles. The first kappa shape index (κ1) is 16.9. The zero-order chi connectivity index (χ0) is 11.0. The van der Waals surface area contributed by atoms with Gasteiger partial charge in [-0.05, 0) is 19.9 Å². The molecule has 90 valence electrons.